The number of rotatable bonds is 7. The number of carbonyl (C=O) groups excluding carboxylic acids is 1. The number of nitro groups is 1. The molecule has 176 valence electrons. The highest BCUT2D eigenvalue weighted by Crippen LogP contribution is 2.27. The van der Waals surface area contributed by atoms with Crippen molar-refractivity contribution in [2.75, 3.05) is 11.1 Å². The Morgan fingerprint density at radius 1 is 1.20 bits per heavy atom. The van der Waals surface area contributed by atoms with Crippen molar-refractivity contribution in [2.24, 2.45) is 0 Å². The third-order valence-electron chi connectivity index (χ3n) is 5.16. The average molecular weight is 508 g/mol. The van der Waals surface area contributed by atoms with Gasteiger partial charge in [-0.15, -0.1) is 10.2 Å². The third kappa shape index (κ3) is 4.38. The molecular weight excluding hydrogens is 490 g/mol. The lowest BCUT2D eigenvalue weighted by molar-refractivity contribution is -0.384. The summed E-state index contributed by atoms with van der Waals surface area (Å²) in [4.78, 5) is 44.5. The Hall–Kier alpha value is -4.10. The molecule has 5 rings (SSSR count). The van der Waals surface area contributed by atoms with Crippen LogP contribution >= 0.6 is 23.1 Å². The van der Waals surface area contributed by atoms with Crippen LogP contribution in [0.15, 0.2) is 58.5 Å². The quantitative estimate of drug-likeness (QED) is 0.146. The van der Waals surface area contributed by atoms with Crippen LogP contribution in [0.3, 0.4) is 0 Å². The van der Waals surface area contributed by atoms with Gasteiger partial charge in [-0.05, 0) is 24.6 Å². The summed E-state index contributed by atoms with van der Waals surface area (Å²) in [5, 5.41) is 24.0. The number of fused-ring (bicyclic) bond motifs is 3. The molecule has 2 aromatic carbocycles. The first-order valence-electron chi connectivity index (χ1n) is 10.5. The van der Waals surface area contributed by atoms with Crippen molar-refractivity contribution in [3.05, 3.63) is 74.0 Å². The fraction of sp³-hybridized carbons (Fsp3) is 0.136. The normalized spacial score (nSPS) is 11.2. The number of amides is 1. The predicted molar refractivity (Wildman–Crippen MR) is 134 cm³/mol. The Balaban J connectivity index is 1.55. The van der Waals surface area contributed by atoms with Crippen LogP contribution in [0.25, 0.3) is 27.6 Å². The fourth-order valence-corrected chi connectivity index (χ4v) is 5.02. The van der Waals surface area contributed by atoms with Crippen molar-refractivity contribution >= 4 is 61.8 Å². The second-order valence-electron chi connectivity index (χ2n) is 7.39. The SMILES string of the molecule is CCc1nnc(NC(=O)CSc2nc3c([nH]c4ccccc43)c(=O)n2-c2ccc([N+](=O)[O-])cc2)s1. The first-order chi connectivity index (χ1) is 16.9. The molecule has 3 heterocycles. The van der Waals surface area contributed by atoms with E-state index in [0.717, 1.165) is 34.1 Å². The summed E-state index contributed by atoms with van der Waals surface area (Å²) in [5.41, 5.74) is 1.47. The average Bonchev–Trinajstić information content (AvgIpc) is 3.47. The zero-order valence-corrected chi connectivity index (χ0v) is 19.9. The van der Waals surface area contributed by atoms with Gasteiger partial charge in [0.1, 0.15) is 16.0 Å². The van der Waals surface area contributed by atoms with E-state index in [1.165, 1.54) is 40.2 Å². The molecule has 0 aliphatic carbocycles. The molecule has 0 aliphatic heterocycles. The number of para-hydroxylation sites is 1. The molecule has 35 heavy (non-hydrogen) atoms. The molecule has 0 atom stereocenters. The highest BCUT2D eigenvalue weighted by Gasteiger charge is 2.19. The zero-order chi connectivity index (χ0) is 24.5. The van der Waals surface area contributed by atoms with Gasteiger partial charge in [-0.2, -0.15) is 0 Å². The zero-order valence-electron chi connectivity index (χ0n) is 18.2. The van der Waals surface area contributed by atoms with E-state index in [1.54, 1.807) is 0 Å². The molecule has 0 bridgehead atoms. The van der Waals surface area contributed by atoms with Crippen LogP contribution in [0.4, 0.5) is 10.8 Å². The Kier molecular flexibility index (Phi) is 6.01. The minimum Gasteiger partial charge on any atom is -0.349 e. The molecule has 2 N–H and O–H groups in total. The number of aromatic nitrogens is 5. The van der Waals surface area contributed by atoms with E-state index in [-0.39, 0.29) is 28.1 Å². The van der Waals surface area contributed by atoms with Crippen LogP contribution < -0.4 is 10.9 Å². The number of nitro benzene ring substituents is 1. The smallest absolute Gasteiger partial charge is 0.283 e. The maximum Gasteiger partial charge on any atom is 0.283 e. The molecule has 0 unspecified atom stereocenters. The summed E-state index contributed by atoms with van der Waals surface area (Å²) >= 11 is 2.38. The standard InChI is InChI=1S/C22H17N7O4S2/c1-2-17-26-27-21(35-17)24-16(30)11-34-22-25-18-14-5-3-4-6-15(14)23-19(18)20(31)28(22)12-7-9-13(10-8-12)29(32)33/h3-10,23H,2,11H2,1H3,(H,24,27,30). The molecule has 11 nitrogen and oxygen atoms in total. The van der Waals surface area contributed by atoms with Crippen LogP contribution in [0.1, 0.15) is 11.9 Å². The van der Waals surface area contributed by atoms with E-state index in [2.05, 4.69) is 20.5 Å². The van der Waals surface area contributed by atoms with Crippen LogP contribution in [-0.4, -0.2) is 41.3 Å². The molecule has 13 heteroatoms. The van der Waals surface area contributed by atoms with Gasteiger partial charge in [-0.25, -0.2) is 4.98 Å². The van der Waals surface area contributed by atoms with Crippen molar-refractivity contribution < 1.29 is 9.72 Å². The predicted octanol–water partition coefficient (Wildman–Crippen LogP) is 3.92. The maximum atomic E-state index is 13.5. The van der Waals surface area contributed by atoms with Crippen molar-refractivity contribution in [2.45, 2.75) is 18.5 Å². The lowest BCUT2D eigenvalue weighted by Crippen LogP contribution is -2.23. The number of anilines is 1. The highest BCUT2D eigenvalue weighted by atomic mass is 32.2. The number of aryl methyl sites for hydroxylation is 1. The van der Waals surface area contributed by atoms with Crippen LogP contribution in [-0.2, 0) is 11.2 Å². The highest BCUT2D eigenvalue weighted by molar-refractivity contribution is 7.99. The van der Waals surface area contributed by atoms with Gasteiger partial charge in [0.25, 0.3) is 11.2 Å². The number of hydrogen-bond donors (Lipinski definition) is 2. The van der Waals surface area contributed by atoms with Crippen LogP contribution in [0, 0.1) is 10.1 Å². The number of nitrogens with zero attached hydrogens (tertiary/aromatic N) is 5. The van der Waals surface area contributed by atoms with Gasteiger partial charge in [0.05, 0.1) is 16.4 Å². The van der Waals surface area contributed by atoms with Gasteiger partial charge in [0, 0.05) is 23.0 Å². The van der Waals surface area contributed by atoms with Gasteiger partial charge < -0.3 is 4.98 Å². The van der Waals surface area contributed by atoms with Crippen molar-refractivity contribution in [3.8, 4) is 5.69 Å². The van der Waals surface area contributed by atoms with Crippen molar-refractivity contribution in [1.82, 2.24) is 24.7 Å². The number of non-ortho nitro benzene ring substituents is 1. The summed E-state index contributed by atoms with van der Waals surface area (Å²) in [6.45, 7) is 1.95. The van der Waals surface area contributed by atoms with E-state index < -0.39 is 4.92 Å². The molecule has 3 aromatic heterocycles. The summed E-state index contributed by atoms with van der Waals surface area (Å²) in [5.74, 6) is -0.355. The number of nitrogens with one attached hydrogen (secondary N) is 2. The van der Waals surface area contributed by atoms with E-state index in [9.17, 15) is 19.7 Å². The summed E-state index contributed by atoms with van der Waals surface area (Å²) in [6.07, 6.45) is 0.721. The Morgan fingerprint density at radius 3 is 2.69 bits per heavy atom. The lowest BCUT2D eigenvalue weighted by Gasteiger charge is -2.12. The number of aromatic amines is 1. The van der Waals surface area contributed by atoms with E-state index in [0.29, 0.717) is 21.9 Å². The van der Waals surface area contributed by atoms with E-state index >= 15 is 0 Å². The van der Waals surface area contributed by atoms with Gasteiger partial charge in [-0.3, -0.25) is 29.6 Å². The van der Waals surface area contributed by atoms with Gasteiger partial charge in [0.15, 0.2) is 5.16 Å². The van der Waals surface area contributed by atoms with Gasteiger partial charge in [-0.1, -0.05) is 48.2 Å². The molecule has 0 aliphatic rings. The summed E-state index contributed by atoms with van der Waals surface area (Å²) in [7, 11) is 0. The van der Waals surface area contributed by atoms with Gasteiger partial charge in [0.2, 0.25) is 11.0 Å². The minimum absolute atomic E-state index is 0.0334. The maximum absolute atomic E-state index is 13.5. The van der Waals surface area contributed by atoms with Crippen molar-refractivity contribution in [3.63, 3.8) is 0 Å². The fourth-order valence-electron chi connectivity index (χ4n) is 3.52. The van der Waals surface area contributed by atoms with E-state index in [1.807, 2.05) is 31.2 Å². The topological polar surface area (TPSA) is 149 Å². The Bertz CT molecular complexity index is 1640. The Labute approximate surface area is 205 Å². The molecule has 1 amide bonds. The van der Waals surface area contributed by atoms with Crippen LogP contribution in [0.2, 0.25) is 0 Å². The Morgan fingerprint density at radius 2 is 1.97 bits per heavy atom. The number of hydrogen-bond acceptors (Lipinski definition) is 9. The largest absolute Gasteiger partial charge is 0.349 e. The molecule has 0 saturated carbocycles. The first-order valence-corrected chi connectivity index (χ1v) is 12.3. The molecule has 0 radical (unpaired) electrons. The number of benzene rings is 2. The summed E-state index contributed by atoms with van der Waals surface area (Å²) in [6, 6.07) is 13.0. The lowest BCUT2D eigenvalue weighted by atomic mass is 10.2. The molecular formula is C22H17N7O4S2. The monoisotopic (exact) mass is 507 g/mol. The third-order valence-corrected chi connectivity index (χ3v) is 7.08. The van der Waals surface area contributed by atoms with Gasteiger partial charge >= 0.3 is 0 Å². The minimum atomic E-state index is -0.511. The second kappa shape index (κ2) is 9.27. The van der Waals surface area contributed by atoms with E-state index in [4.69, 9.17) is 4.98 Å². The number of H-pyrrole nitrogens is 1. The molecule has 0 saturated heterocycles. The number of thioether (sulfide) groups is 1. The second-order valence-corrected chi connectivity index (χ2v) is 9.40. The first kappa shape index (κ1) is 22.7. The molecule has 0 spiro atoms. The molecule has 0 fully saturated rings. The number of carbonyl (C=O) groups is 1. The van der Waals surface area contributed by atoms with Crippen molar-refractivity contribution in [1.29, 1.82) is 0 Å². The van der Waals surface area contributed by atoms with Crippen LogP contribution in [0.5, 0.6) is 0 Å². The summed E-state index contributed by atoms with van der Waals surface area (Å²) < 4.78 is 1.35. The molecule has 5 aromatic rings.